The van der Waals surface area contributed by atoms with Gasteiger partial charge < -0.3 is 25.2 Å². The molecule has 0 saturated carbocycles. The zero-order chi connectivity index (χ0) is 17.3. The third-order valence-electron chi connectivity index (χ3n) is 4.10. The lowest BCUT2D eigenvalue weighted by Gasteiger charge is -2.38. The standard InChI is InChI=1S/C18H20N2O4/c1-3-8-20-17(11-9-14(21)16(22)15(10-11)24-2)19-13-7-5-4-6-12(13)18(20)23/h4-7,9-10,17,19,21-22H,3,8H2,1-2H3/t17-/m0/s1. The number of anilines is 1. The summed E-state index contributed by atoms with van der Waals surface area (Å²) in [6.45, 7) is 2.56. The highest BCUT2D eigenvalue weighted by molar-refractivity contribution is 6.01. The van der Waals surface area contributed by atoms with Gasteiger partial charge >= 0.3 is 0 Å². The van der Waals surface area contributed by atoms with E-state index in [0.29, 0.717) is 17.7 Å². The number of aromatic hydroxyl groups is 2. The van der Waals surface area contributed by atoms with Crippen LogP contribution in [0.2, 0.25) is 0 Å². The molecule has 24 heavy (non-hydrogen) atoms. The van der Waals surface area contributed by atoms with Crippen molar-refractivity contribution < 1.29 is 19.7 Å². The molecule has 0 spiro atoms. The number of fused-ring (bicyclic) bond motifs is 1. The molecular weight excluding hydrogens is 308 g/mol. The van der Waals surface area contributed by atoms with Crippen LogP contribution in [0.5, 0.6) is 17.2 Å². The number of nitrogens with one attached hydrogen (secondary N) is 1. The topological polar surface area (TPSA) is 82.0 Å². The maximum atomic E-state index is 12.8. The Balaban J connectivity index is 2.09. The summed E-state index contributed by atoms with van der Waals surface area (Å²) in [6.07, 6.45) is 0.348. The van der Waals surface area contributed by atoms with E-state index in [4.69, 9.17) is 4.74 Å². The molecule has 0 fully saturated rings. The lowest BCUT2D eigenvalue weighted by atomic mass is 10.0. The molecule has 0 bridgehead atoms. The molecule has 0 unspecified atom stereocenters. The fourth-order valence-corrected chi connectivity index (χ4v) is 2.95. The molecule has 3 rings (SSSR count). The largest absolute Gasteiger partial charge is 0.504 e. The molecule has 1 heterocycles. The first-order valence-corrected chi connectivity index (χ1v) is 7.83. The van der Waals surface area contributed by atoms with Crippen LogP contribution in [0, 0.1) is 0 Å². The number of phenolic OH excluding ortho intramolecular Hbond substituents is 2. The Kier molecular flexibility index (Phi) is 4.20. The molecule has 2 aromatic carbocycles. The molecule has 1 atom stereocenters. The maximum absolute atomic E-state index is 12.8. The predicted octanol–water partition coefficient (Wildman–Crippen LogP) is 3.08. The van der Waals surface area contributed by atoms with Gasteiger partial charge in [0.1, 0.15) is 6.17 Å². The summed E-state index contributed by atoms with van der Waals surface area (Å²) in [5, 5.41) is 23.1. The number of hydrogen-bond acceptors (Lipinski definition) is 5. The number of benzene rings is 2. The van der Waals surface area contributed by atoms with Gasteiger partial charge in [-0.3, -0.25) is 4.79 Å². The number of methoxy groups -OCH3 is 1. The van der Waals surface area contributed by atoms with Crippen LogP contribution < -0.4 is 10.1 Å². The minimum absolute atomic E-state index is 0.0669. The highest BCUT2D eigenvalue weighted by atomic mass is 16.5. The molecule has 0 aliphatic carbocycles. The van der Waals surface area contributed by atoms with Gasteiger partial charge in [0, 0.05) is 17.8 Å². The van der Waals surface area contributed by atoms with Gasteiger partial charge in [0.15, 0.2) is 11.5 Å². The van der Waals surface area contributed by atoms with E-state index in [0.717, 1.165) is 12.1 Å². The Bertz CT molecular complexity index is 776. The zero-order valence-electron chi connectivity index (χ0n) is 13.6. The van der Waals surface area contributed by atoms with E-state index in [1.807, 2.05) is 25.1 Å². The van der Waals surface area contributed by atoms with Crippen molar-refractivity contribution in [3.63, 3.8) is 0 Å². The molecule has 0 aromatic heterocycles. The van der Waals surface area contributed by atoms with Crippen LogP contribution in [-0.4, -0.2) is 34.7 Å². The molecule has 1 amide bonds. The van der Waals surface area contributed by atoms with Gasteiger partial charge in [0.2, 0.25) is 5.75 Å². The molecule has 126 valence electrons. The number of para-hydroxylation sites is 1. The van der Waals surface area contributed by atoms with E-state index < -0.39 is 6.17 Å². The first-order valence-electron chi connectivity index (χ1n) is 7.83. The van der Waals surface area contributed by atoms with Gasteiger partial charge in [-0.1, -0.05) is 19.1 Å². The highest BCUT2D eigenvalue weighted by Crippen LogP contribution is 2.41. The van der Waals surface area contributed by atoms with E-state index in [-0.39, 0.29) is 23.2 Å². The number of amides is 1. The summed E-state index contributed by atoms with van der Waals surface area (Å²) in [6, 6.07) is 10.4. The van der Waals surface area contributed by atoms with Gasteiger partial charge in [0.05, 0.1) is 12.7 Å². The van der Waals surface area contributed by atoms with Crippen molar-refractivity contribution in [1.29, 1.82) is 0 Å². The Hall–Kier alpha value is -2.89. The number of nitrogens with zero attached hydrogens (tertiary/aromatic N) is 1. The summed E-state index contributed by atoms with van der Waals surface area (Å²) in [5.41, 5.74) is 2.00. The van der Waals surface area contributed by atoms with Crippen LogP contribution in [0.1, 0.15) is 35.4 Å². The van der Waals surface area contributed by atoms with Crippen molar-refractivity contribution in [3.8, 4) is 17.2 Å². The van der Waals surface area contributed by atoms with E-state index in [1.165, 1.54) is 13.2 Å². The van der Waals surface area contributed by atoms with Crippen LogP contribution in [0.25, 0.3) is 0 Å². The smallest absolute Gasteiger partial charge is 0.257 e. The molecule has 1 aliphatic heterocycles. The lowest BCUT2D eigenvalue weighted by molar-refractivity contribution is 0.0682. The molecule has 0 saturated heterocycles. The summed E-state index contributed by atoms with van der Waals surface area (Å²) in [7, 11) is 1.41. The van der Waals surface area contributed by atoms with Crippen molar-refractivity contribution in [2.45, 2.75) is 19.5 Å². The number of phenols is 2. The Morgan fingerprint density at radius 3 is 2.71 bits per heavy atom. The Labute approximate surface area is 140 Å². The van der Waals surface area contributed by atoms with Crippen molar-refractivity contribution in [2.24, 2.45) is 0 Å². The van der Waals surface area contributed by atoms with Gasteiger partial charge in [0.25, 0.3) is 5.91 Å². The summed E-state index contributed by atoms with van der Waals surface area (Å²) in [4.78, 5) is 14.6. The third kappa shape index (κ3) is 2.60. The molecule has 3 N–H and O–H groups in total. The minimum atomic E-state index is -0.451. The van der Waals surface area contributed by atoms with E-state index >= 15 is 0 Å². The fourth-order valence-electron chi connectivity index (χ4n) is 2.95. The molecule has 0 radical (unpaired) electrons. The highest BCUT2D eigenvalue weighted by Gasteiger charge is 2.33. The first-order chi connectivity index (χ1) is 11.6. The second-order valence-corrected chi connectivity index (χ2v) is 5.68. The average molecular weight is 328 g/mol. The monoisotopic (exact) mass is 328 g/mol. The van der Waals surface area contributed by atoms with Gasteiger partial charge in [-0.15, -0.1) is 0 Å². The first kappa shape index (κ1) is 16.0. The Morgan fingerprint density at radius 1 is 1.25 bits per heavy atom. The number of ether oxygens (including phenoxy) is 1. The van der Waals surface area contributed by atoms with E-state index in [1.54, 1.807) is 17.0 Å². The predicted molar refractivity (Wildman–Crippen MR) is 90.5 cm³/mol. The molecule has 6 nitrogen and oxygen atoms in total. The minimum Gasteiger partial charge on any atom is -0.504 e. The number of rotatable bonds is 4. The van der Waals surface area contributed by atoms with Crippen LogP contribution in [0.15, 0.2) is 36.4 Å². The van der Waals surface area contributed by atoms with Gasteiger partial charge in [-0.2, -0.15) is 0 Å². The van der Waals surface area contributed by atoms with Crippen LogP contribution >= 0.6 is 0 Å². The second kappa shape index (κ2) is 6.31. The maximum Gasteiger partial charge on any atom is 0.257 e. The van der Waals surface area contributed by atoms with Crippen molar-refractivity contribution in [3.05, 3.63) is 47.5 Å². The number of carbonyl (C=O) groups excluding carboxylic acids is 1. The van der Waals surface area contributed by atoms with Crippen molar-refractivity contribution in [1.82, 2.24) is 4.90 Å². The van der Waals surface area contributed by atoms with Crippen LogP contribution in [0.4, 0.5) is 5.69 Å². The fraction of sp³-hybridized carbons (Fsp3) is 0.278. The van der Waals surface area contributed by atoms with Crippen molar-refractivity contribution >= 4 is 11.6 Å². The molecule has 2 aromatic rings. The van der Waals surface area contributed by atoms with E-state index in [2.05, 4.69) is 5.32 Å². The average Bonchev–Trinajstić information content (AvgIpc) is 2.59. The summed E-state index contributed by atoms with van der Waals surface area (Å²) in [5.74, 6) is -0.503. The molecular formula is C18H20N2O4. The zero-order valence-corrected chi connectivity index (χ0v) is 13.6. The number of carbonyl (C=O) groups is 1. The lowest BCUT2D eigenvalue weighted by Crippen LogP contribution is -2.43. The molecule has 6 heteroatoms. The van der Waals surface area contributed by atoms with E-state index in [9.17, 15) is 15.0 Å². The third-order valence-corrected chi connectivity index (χ3v) is 4.10. The van der Waals surface area contributed by atoms with Crippen molar-refractivity contribution in [2.75, 3.05) is 19.0 Å². The quantitative estimate of drug-likeness (QED) is 0.751. The van der Waals surface area contributed by atoms with Gasteiger partial charge in [-0.25, -0.2) is 0 Å². The Morgan fingerprint density at radius 2 is 2.00 bits per heavy atom. The van der Waals surface area contributed by atoms with Crippen LogP contribution in [0.3, 0.4) is 0 Å². The normalized spacial score (nSPS) is 16.5. The second-order valence-electron chi connectivity index (χ2n) is 5.68. The summed E-state index contributed by atoms with van der Waals surface area (Å²) >= 11 is 0. The number of hydrogen-bond donors (Lipinski definition) is 3. The van der Waals surface area contributed by atoms with Crippen LogP contribution in [-0.2, 0) is 0 Å². The molecule has 1 aliphatic rings. The SMILES string of the molecule is CCCN1C(=O)c2ccccc2N[C@@H]1c1cc(O)c(O)c(OC)c1. The van der Waals surface area contributed by atoms with Gasteiger partial charge in [-0.05, 0) is 30.7 Å². The summed E-state index contributed by atoms with van der Waals surface area (Å²) < 4.78 is 5.11.